The van der Waals surface area contributed by atoms with Crippen molar-refractivity contribution in [3.05, 3.63) is 29.8 Å². The van der Waals surface area contributed by atoms with Gasteiger partial charge in [-0.15, -0.1) is 11.8 Å². The van der Waals surface area contributed by atoms with Crippen molar-refractivity contribution < 1.29 is 14.7 Å². The molecular formula is C17H29N3O3S. The van der Waals surface area contributed by atoms with Crippen molar-refractivity contribution in [3.8, 4) is 0 Å². The van der Waals surface area contributed by atoms with E-state index in [0.29, 0.717) is 6.04 Å². The Kier molecular flexibility index (Phi) is 13.2. The van der Waals surface area contributed by atoms with Gasteiger partial charge in [-0.3, -0.25) is 9.59 Å². The molecule has 1 saturated carbocycles. The lowest BCUT2D eigenvalue weighted by Gasteiger charge is -2.15. The van der Waals surface area contributed by atoms with Crippen LogP contribution >= 0.6 is 11.8 Å². The number of benzene rings is 1. The molecule has 1 fully saturated rings. The van der Waals surface area contributed by atoms with Crippen molar-refractivity contribution >= 4 is 24.0 Å². The van der Waals surface area contributed by atoms with Crippen LogP contribution in [0.5, 0.6) is 0 Å². The van der Waals surface area contributed by atoms with Crippen LogP contribution in [0.25, 0.3) is 0 Å². The summed E-state index contributed by atoms with van der Waals surface area (Å²) in [6.07, 6.45) is 9.52. The van der Waals surface area contributed by atoms with Gasteiger partial charge in [-0.05, 0) is 31.2 Å². The first-order valence-electron chi connectivity index (χ1n) is 7.97. The SMILES string of the molecule is CSc1ccc(C=O)cc1.NC1CCCCC1.NCC(N)C(=O)O. The second-order valence-electron chi connectivity index (χ2n) is 5.47. The molecular weight excluding hydrogens is 326 g/mol. The van der Waals surface area contributed by atoms with Crippen LogP contribution in [0.4, 0.5) is 0 Å². The highest BCUT2D eigenvalue weighted by atomic mass is 32.2. The Labute approximate surface area is 148 Å². The van der Waals surface area contributed by atoms with Crippen LogP contribution in [0.3, 0.4) is 0 Å². The van der Waals surface area contributed by atoms with E-state index in [1.165, 1.54) is 37.0 Å². The number of aliphatic carboxylic acids is 1. The summed E-state index contributed by atoms with van der Waals surface area (Å²) in [5.41, 5.74) is 16.1. The van der Waals surface area contributed by atoms with Crippen molar-refractivity contribution in [2.45, 2.75) is 49.1 Å². The second kappa shape index (κ2) is 14.0. The summed E-state index contributed by atoms with van der Waals surface area (Å²) in [4.78, 5) is 21.1. The monoisotopic (exact) mass is 355 g/mol. The predicted molar refractivity (Wildman–Crippen MR) is 99.3 cm³/mol. The number of aldehydes is 1. The Balaban J connectivity index is 0.000000340. The van der Waals surface area contributed by atoms with Gasteiger partial charge in [-0.1, -0.05) is 31.4 Å². The molecule has 0 heterocycles. The number of carboxylic acids is 1. The minimum atomic E-state index is -1.05. The number of hydrogen-bond donors (Lipinski definition) is 4. The highest BCUT2D eigenvalue weighted by Crippen LogP contribution is 2.15. The molecule has 1 aliphatic carbocycles. The fourth-order valence-corrected chi connectivity index (χ4v) is 2.33. The van der Waals surface area contributed by atoms with Crippen LogP contribution in [0.1, 0.15) is 42.5 Å². The van der Waals surface area contributed by atoms with E-state index in [4.69, 9.17) is 22.3 Å². The molecule has 0 amide bonds. The van der Waals surface area contributed by atoms with E-state index in [2.05, 4.69) is 0 Å². The molecule has 6 nitrogen and oxygen atoms in total. The largest absolute Gasteiger partial charge is 0.480 e. The van der Waals surface area contributed by atoms with E-state index in [0.717, 1.165) is 11.8 Å². The number of carbonyl (C=O) groups excluding carboxylic acids is 1. The maximum absolute atomic E-state index is 10.2. The van der Waals surface area contributed by atoms with Crippen LogP contribution < -0.4 is 17.2 Å². The summed E-state index contributed by atoms with van der Waals surface area (Å²) in [5, 5.41) is 7.98. The third-order valence-electron chi connectivity index (χ3n) is 3.47. The third-order valence-corrected chi connectivity index (χ3v) is 4.22. The van der Waals surface area contributed by atoms with Crippen molar-refractivity contribution in [1.29, 1.82) is 0 Å². The van der Waals surface area contributed by atoms with Crippen molar-refractivity contribution in [2.24, 2.45) is 17.2 Å². The van der Waals surface area contributed by atoms with Crippen LogP contribution in [0, 0.1) is 0 Å². The van der Waals surface area contributed by atoms with Crippen molar-refractivity contribution in [2.75, 3.05) is 12.8 Å². The van der Waals surface area contributed by atoms with Crippen LogP contribution in [0.15, 0.2) is 29.2 Å². The fourth-order valence-electron chi connectivity index (χ4n) is 1.92. The molecule has 0 bridgehead atoms. The zero-order valence-electron chi connectivity index (χ0n) is 14.2. The first kappa shape index (κ1) is 22.6. The zero-order valence-corrected chi connectivity index (χ0v) is 15.0. The van der Waals surface area contributed by atoms with Gasteiger partial charge in [-0.25, -0.2) is 0 Å². The zero-order chi connectivity index (χ0) is 18.4. The normalized spacial score (nSPS) is 15.2. The molecule has 136 valence electrons. The van der Waals surface area contributed by atoms with Gasteiger partial charge in [0.2, 0.25) is 0 Å². The molecule has 7 heteroatoms. The van der Waals surface area contributed by atoms with E-state index in [1.54, 1.807) is 11.8 Å². The topological polar surface area (TPSA) is 132 Å². The molecule has 1 aromatic carbocycles. The van der Waals surface area contributed by atoms with Gasteiger partial charge in [0.1, 0.15) is 12.3 Å². The molecule has 0 spiro atoms. The molecule has 1 atom stereocenters. The van der Waals surface area contributed by atoms with E-state index < -0.39 is 12.0 Å². The van der Waals surface area contributed by atoms with Crippen LogP contribution in [0.2, 0.25) is 0 Å². The van der Waals surface area contributed by atoms with Gasteiger partial charge >= 0.3 is 5.97 Å². The van der Waals surface area contributed by atoms with Crippen LogP contribution in [-0.4, -0.2) is 42.2 Å². The molecule has 2 rings (SSSR count). The quantitative estimate of drug-likeness (QED) is 0.478. The Hall–Kier alpha value is -1.41. The highest BCUT2D eigenvalue weighted by Gasteiger charge is 2.06. The van der Waals surface area contributed by atoms with Crippen molar-refractivity contribution in [3.63, 3.8) is 0 Å². The predicted octanol–water partition coefficient (Wildman–Crippen LogP) is 1.86. The minimum absolute atomic E-state index is 0.00463. The van der Waals surface area contributed by atoms with Crippen LogP contribution in [-0.2, 0) is 4.79 Å². The smallest absolute Gasteiger partial charge is 0.321 e. The Morgan fingerprint density at radius 1 is 1.29 bits per heavy atom. The van der Waals surface area contributed by atoms with E-state index in [-0.39, 0.29) is 6.54 Å². The number of carbonyl (C=O) groups is 2. The summed E-state index contributed by atoms with van der Waals surface area (Å²) in [6.45, 7) is -0.00463. The summed E-state index contributed by atoms with van der Waals surface area (Å²) >= 11 is 1.67. The summed E-state index contributed by atoms with van der Waals surface area (Å²) < 4.78 is 0. The van der Waals surface area contributed by atoms with Gasteiger partial charge in [0.15, 0.2) is 0 Å². The lowest BCUT2D eigenvalue weighted by atomic mass is 9.97. The average Bonchev–Trinajstić information content (AvgIpc) is 2.62. The maximum Gasteiger partial charge on any atom is 0.321 e. The number of carboxylic acid groups (broad SMARTS) is 1. The molecule has 0 saturated heterocycles. The van der Waals surface area contributed by atoms with Gasteiger partial charge in [0.05, 0.1) is 0 Å². The summed E-state index contributed by atoms with van der Waals surface area (Å²) in [6, 6.07) is 7.15. The number of rotatable bonds is 4. The van der Waals surface area contributed by atoms with Gasteiger partial charge in [-0.2, -0.15) is 0 Å². The van der Waals surface area contributed by atoms with Crippen molar-refractivity contribution in [1.82, 2.24) is 0 Å². The molecule has 0 radical (unpaired) electrons. The van der Waals surface area contributed by atoms with E-state index in [1.807, 2.05) is 30.5 Å². The number of hydrogen-bond acceptors (Lipinski definition) is 6. The Morgan fingerprint density at radius 2 is 1.83 bits per heavy atom. The lowest BCUT2D eigenvalue weighted by molar-refractivity contribution is -0.138. The molecule has 24 heavy (non-hydrogen) atoms. The van der Waals surface area contributed by atoms with E-state index in [9.17, 15) is 9.59 Å². The average molecular weight is 356 g/mol. The number of thioether (sulfide) groups is 1. The first-order valence-corrected chi connectivity index (χ1v) is 9.20. The van der Waals surface area contributed by atoms with Gasteiger partial charge in [0, 0.05) is 23.0 Å². The standard InChI is InChI=1S/C8H8OS.C6H13N.C3H8N2O2/c1-10-8-4-2-7(6-9)3-5-8;7-6-4-2-1-3-5-6;4-1-2(5)3(6)7/h2-6H,1H3;6H,1-5,7H2;2H,1,4-5H2,(H,6,7). The second-order valence-corrected chi connectivity index (χ2v) is 6.35. The van der Waals surface area contributed by atoms with Gasteiger partial charge in [0.25, 0.3) is 0 Å². The first-order chi connectivity index (χ1) is 11.4. The minimum Gasteiger partial charge on any atom is -0.480 e. The fraction of sp³-hybridized carbons (Fsp3) is 0.529. The van der Waals surface area contributed by atoms with E-state index >= 15 is 0 Å². The molecule has 0 aliphatic heterocycles. The Bertz CT molecular complexity index is 463. The van der Waals surface area contributed by atoms with Gasteiger partial charge < -0.3 is 22.3 Å². The molecule has 1 unspecified atom stereocenters. The molecule has 7 N–H and O–H groups in total. The Morgan fingerprint density at radius 3 is 2.08 bits per heavy atom. The summed E-state index contributed by atoms with van der Waals surface area (Å²) in [5.74, 6) is -1.05. The number of nitrogens with two attached hydrogens (primary N) is 3. The maximum atomic E-state index is 10.2. The summed E-state index contributed by atoms with van der Waals surface area (Å²) in [7, 11) is 0. The lowest BCUT2D eigenvalue weighted by Crippen LogP contribution is -2.37. The molecule has 1 aliphatic rings. The molecule has 0 aromatic heterocycles. The highest BCUT2D eigenvalue weighted by molar-refractivity contribution is 7.98. The molecule has 1 aromatic rings. The third kappa shape index (κ3) is 11.2.